The molecule has 3 aromatic carbocycles. The molecule has 0 unspecified atom stereocenters. The first-order valence-corrected chi connectivity index (χ1v) is 14.5. The molecule has 1 heterocycles. The second-order valence-corrected chi connectivity index (χ2v) is 11.3. The molecule has 0 saturated heterocycles. The van der Waals surface area contributed by atoms with E-state index in [-0.39, 0.29) is 5.78 Å². The van der Waals surface area contributed by atoms with Crippen LogP contribution in [0.3, 0.4) is 0 Å². The summed E-state index contributed by atoms with van der Waals surface area (Å²) in [4.78, 5) is 30.4. The molecule has 1 saturated carbocycles. The summed E-state index contributed by atoms with van der Waals surface area (Å²) in [5.41, 5.74) is 5.47. The molecular weight excluding hydrogens is 506 g/mol. The molecule has 1 aliphatic carbocycles. The highest BCUT2D eigenvalue weighted by Crippen LogP contribution is 2.30. The van der Waals surface area contributed by atoms with E-state index in [1.54, 1.807) is 11.8 Å². The lowest BCUT2D eigenvalue weighted by Gasteiger charge is -2.11. The van der Waals surface area contributed by atoms with Crippen molar-refractivity contribution in [3.63, 3.8) is 0 Å². The highest BCUT2D eigenvalue weighted by atomic mass is 32.2. The van der Waals surface area contributed by atoms with Gasteiger partial charge in [-0.05, 0) is 79.3 Å². The van der Waals surface area contributed by atoms with Crippen molar-refractivity contribution in [1.29, 1.82) is 0 Å². The van der Waals surface area contributed by atoms with Crippen LogP contribution in [0.15, 0.2) is 87.3 Å². The van der Waals surface area contributed by atoms with E-state index in [1.165, 1.54) is 38.2 Å². The molecule has 1 aliphatic rings. The van der Waals surface area contributed by atoms with Gasteiger partial charge in [0.05, 0.1) is 5.71 Å². The van der Waals surface area contributed by atoms with Crippen LogP contribution in [-0.4, -0.2) is 17.5 Å². The van der Waals surface area contributed by atoms with E-state index in [2.05, 4.69) is 29.4 Å². The summed E-state index contributed by atoms with van der Waals surface area (Å²) in [5.74, 6) is 1.38. The van der Waals surface area contributed by atoms with Crippen LogP contribution in [0.2, 0.25) is 0 Å². The fraction of sp³-hybridized carbons (Fsp3) is 0.303. The predicted molar refractivity (Wildman–Crippen MR) is 156 cm³/mol. The lowest BCUT2D eigenvalue weighted by molar-refractivity contribution is -0.140. The second kappa shape index (κ2) is 12.5. The van der Waals surface area contributed by atoms with Crippen LogP contribution in [0.5, 0.6) is 0 Å². The molecule has 0 spiro atoms. The minimum atomic E-state index is -0.401. The quantitative estimate of drug-likeness (QED) is 0.0664. The van der Waals surface area contributed by atoms with E-state index in [9.17, 15) is 9.59 Å². The van der Waals surface area contributed by atoms with Crippen molar-refractivity contribution in [3.05, 3.63) is 101 Å². The van der Waals surface area contributed by atoms with Gasteiger partial charge >= 0.3 is 5.97 Å². The molecule has 0 amide bonds. The molecule has 200 valence electrons. The summed E-state index contributed by atoms with van der Waals surface area (Å²) < 4.78 is 5.78. The Hall–Kier alpha value is -3.64. The minimum Gasteiger partial charge on any atom is -0.453 e. The average molecular weight is 540 g/mol. The highest BCUT2D eigenvalue weighted by Gasteiger charge is 2.17. The average Bonchev–Trinajstić information content (AvgIpc) is 3.62. The predicted octanol–water partition coefficient (Wildman–Crippen LogP) is 8.50. The number of carbonyl (C=O) groups is 2. The molecule has 0 aliphatic heterocycles. The Balaban J connectivity index is 1.19. The van der Waals surface area contributed by atoms with Gasteiger partial charge in [-0.25, -0.2) is 4.79 Å². The summed E-state index contributed by atoms with van der Waals surface area (Å²) in [7, 11) is 0. The van der Waals surface area contributed by atoms with Crippen molar-refractivity contribution in [3.8, 4) is 0 Å². The molecule has 0 bridgehead atoms. The van der Waals surface area contributed by atoms with Crippen molar-refractivity contribution in [2.45, 2.75) is 63.0 Å². The molecule has 5 rings (SSSR count). The molecule has 0 radical (unpaired) electrons. The number of benzene rings is 3. The summed E-state index contributed by atoms with van der Waals surface area (Å²) in [6.45, 7) is 3.40. The van der Waals surface area contributed by atoms with Gasteiger partial charge < -0.3 is 9.25 Å². The lowest BCUT2D eigenvalue weighted by atomic mass is 9.96. The van der Waals surface area contributed by atoms with Gasteiger partial charge in [0, 0.05) is 28.5 Å². The first-order chi connectivity index (χ1) is 18.9. The first-order valence-electron chi connectivity index (χ1n) is 13.6. The fourth-order valence-electron chi connectivity index (χ4n) is 5.08. The van der Waals surface area contributed by atoms with Crippen molar-refractivity contribution >= 4 is 40.2 Å². The maximum absolute atomic E-state index is 12.9. The van der Waals surface area contributed by atoms with E-state index < -0.39 is 5.97 Å². The molecule has 1 aromatic heterocycles. The fourth-order valence-corrected chi connectivity index (χ4v) is 5.94. The number of aryl methyl sites for hydroxylation is 1. The zero-order chi connectivity index (χ0) is 27.2. The van der Waals surface area contributed by atoms with E-state index in [1.807, 2.05) is 55.5 Å². The van der Waals surface area contributed by atoms with Crippen molar-refractivity contribution < 1.29 is 18.8 Å². The van der Waals surface area contributed by atoms with E-state index in [0.29, 0.717) is 11.3 Å². The van der Waals surface area contributed by atoms with Gasteiger partial charge in [-0.3, -0.25) is 4.79 Å². The van der Waals surface area contributed by atoms with Gasteiger partial charge in [-0.1, -0.05) is 66.7 Å². The van der Waals surface area contributed by atoms with Gasteiger partial charge in [0.25, 0.3) is 0 Å². The van der Waals surface area contributed by atoms with E-state index in [4.69, 9.17) is 9.25 Å². The number of rotatable bonds is 10. The monoisotopic (exact) mass is 539 g/mol. The third-order valence-corrected chi connectivity index (χ3v) is 8.34. The number of nitrogens with zero attached hydrogens (tertiary/aromatic N) is 1. The van der Waals surface area contributed by atoms with Gasteiger partial charge in [-0.2, -0.15) is 0 Å². The number of thioether (sulfide) groups is 1. The number of furan rings is 1. The van der Waals surface area contributed by atoms with Crippen LogP contribution in [0, 0.1) is 12.8 Å². The van der Waals surface area contributed by atoms with Crippen molar-refractivity contribution in [2.75, 3.05) is 0 Å². The topological polar surface area (TPSA) is 68.9 Å². The minimum absolute atomic E-state index is 0.116. The maximum atomic E-state index is 12.9. The zero-order valence-corrected chi connectivity index (χ0v) is 23.3. The summed E-state index contributed by atoms with van der Waals surface area (Å²) >= 11 is 1.72. The van der Waals surface area contributed by atoms with E-state index in [0.717, 1.165) is 57.2 Å². The Morgan fingerprint density at radius 3 is 2.38 bits per heavy atom. The van der Waals surface area contributed by atoms with Gasteiger partial charge in [0.2, 0.25) is 5.78 Å². The van der Waals surface area contributed by atoms with Gasteiger partial charge in [-0.15, -0.1) is 11.8 Å². The Labute approximate surface area is 233 Å². The van der Waals surface area contributed by atoms with Crippen LogP contribution in [0.25, 0.3) is 11.0 Å². The largest absolute Gasteiger partial charge is 0.453 e. The standard InChI is InChI=1S/C33H33NO4S/c1-22-7-18-31-28(19-22)20-32(37-31)33(36)27-13-15-29(16-14-27)39-21-25-8-11-26(12-9-25)30(34-38-23(2)35)17-10-24-5-3-4-6-24/h7-9,11-16,18-20,24H,3-6,10,17,21H2,1-2H3. The molecule has 1 fully saturated rings. The zero-order valence-electron chi connectivity index (χ0n) is 22.4. The summed E-state index contributed by atoms with van der Waals surface area (Å²) in [6, 6.07) is 23.7. The summed E-state index contributed by atoms with van der Waals surface area (Å²) in [5, 5.41) is 5.11. The number of hydrogen-bond acceptors (Lipinski definition) is 6. The third kappa shape index (κ3) is 7.07. The molecule has 0 N–H and O–H groups in total. The third-order valence-electron chi connectivity index (χ3n) is 7.25. The number of hydrogen-bond donors (Lipinski definition) is 0. The molecule has 39 heavy (non-hydrogen) atoms. The molecule has 6 heteroatoms. The summed E-state index contributed by atoms with van der Waals surface area (Å²) in [6.07, 6.45) is 7.08. The maximum Gasteiger partial charge on any atom is 0.331 e. The Kier molecular flexibility index (Phi) is 8.62. The SMILES string of the molecule is CC(=O)ON=C(CCC1CCCC1)c1ccc(CSc2ccc(C(=O)c3cc4cc(C)ccc4o3)cc2)cc1. The van der Waals surface area contributed by atoms with Gasteiger partial charge in [0.15, 0.2) is 5.76 Å². The lowest BCUT2D eigenvalue weighted by Crippen LogP contribution is -2.07. The first kappa shape index (κ1) is 26.9. The van der Waals surface area contributed by atoms with Crippen LogP contribution in [0.1, 0.15) is 78.3 Å². The number of ketones is 1. The molecule has 0 atom stereocenters. The second-order valence-electron chi connectivity index (χ2n) is 10.3. The Bertz CT molecular complexity index is 1480. The van der Waals surface area contributed by atoms with Crippen molar-refractivity contribution in [2.24, 2.45) is 11.1 Å². The van der Waals surface area contributed by atoms with E-state index >= 15 is 0 Å². The number of oxime groups is 1. The number of fused-ring (bicyclic) bond motifs is 1. The molecule has 4 aromatic rings. The Morgan fingerprint density at radius 2 is 1.67 bits per heavy atom. The van der Waals surface area contributed by atoms with Crippen molar-refractivity contribution in [1.82, 2.24) is 0 Å². The van der Waals surface area contributed by atoms with Crippen LogP contribution >= 0.6 is 11.8 Å². The van der Waals surface area contributed by atoms with Crippen LogP contribution < -0.4 is 0 Å². The van der Waals surface area contributed by atoms with Crippen LogP contribution in [0.4, 0.5) is 0 Å². The van der Waals surface area contributed by atoms with Gasteiger partial charge in [0.1, 0.15) is 5.58 Å². The van der Waals surface area contributed by atoms with Crippen LogP contribution in [-0.2, 0) is 15.4 Å². The number of carbonyl (C=O) groups excluding carboxylic acids is 2. The normalized spacial score (nSPS) is 14.2. The molecule has 5 nitrogen and oxygen atoms in total. The Morgan fingerprint density at radius 1 is 0.949 bits per heavy atom. The smallest absolute Gasteiger partial charge is 0.331 e. The molecular formula is C33H33NO4S. The highest BCUT2D eigenvalue weighted by molar-refractivity contribution is 7.98.